The number of hydrogen-bond donors (Lipinski definition) is 1. The zero-order valence-electron chi connectivity index (χ0n) is 65.9. The van der Waals surface area contributed by atoms with E-state index in [2.05, 4.69) is 179 Å². The Bertz CT molecular complexity index is 4070. The predicted molar refractivity (Wildman–Crippen MR) is 481 cm³/mol. The number of Topliss-reactive ketones (excluding diaryl/α,β-unsaturated/α-hetero) is 1. The van der Waals surface area contributed by atoms with Gasteiger partial charge >= 0.3 is 0 Å². The third-order valence-corrected chi connectivity index (χ3v) is 33.2. The molecule has 0 spiro atoms. The molecular formula is C92H123Br3N2O2S6. The number of carbonyl (C=O) groups excluding carboxylic acids is 2. The molecule has 13 heteroatoms. The van der Waals surface area contributed by atoms with Gasteiger partial charge in [-0.3, -0.25) is 9.59 Å². The van der Waals surface area contributed by atoms with E-state index < -0.39 is 0 Å². The molecule has 0 bridgehead atoms. The van der Waals surface area contributed by atoms with Crippen LogP contribution in [0.15, 0.2) is 58.9 Å². The first-order valence-corrected chi connectivity index (χ1v) is 49.1. The highest BCUT2D eigenvalue weighted by atomic mass is 79.9. The molecule has 6 aromatic heterocycles. The molecule has 1 N–H and O–H groups in total. The predicted octanol–water partition coefficient (Wildman–Crippen LogP) is 33.0. The molecule has 105 heavy (non-hydrogen) atoms. The number of nitrogens with one attached hydrogen (secondary N) is 1. The van der Waals surface area contributed by atoms with E-state index in [-0.39, 0.29) is 18.1 Å². The Morgan fingerprint density at radius 2 is 0.638 bits per heavy atom. The van der Waals surface area contributed by atoms with E-state index in [0.717, 1.165) is 76.3 Å². The fraction of sp³-hybridized carbons (Fsp3) is 0.598. The lowest BCUT2D eigenvalue weighted by Gasteiger charge is -2.18. The van der Waals surface area contributed by atoms with Gasteiger partial charge in [0, 0.05) is 39.5 Å². The van der Waals surface area contributed by atoms with Crippen molar-refractivity contribution in [3.63, 3.8) is 0 Å². The third kappa shape index (κ3) is 20.3. The second-order valence-corrected chi connectivity index (χ2v) is 41.8. The summed E-state index contributed by atoms with van der Waals surface area (Å²) in [6, 6.07) is 16.6. The van der Waals surface area contributed by atoms with Gasteiger partial charge in [0.1, 0.15) is 10.9 Å². The summed E-state index contributed by atoms with van der Waals surface area (Å²) in [4.78, 5) is 32.4. The van der Waals surface area contributed by atoms with Crippen LogP contribution in [-0.2, 0) is 48.1 Å². The van der Waals surface area contributed by atoms with E-state index in [1.54, 1.807) is 11.3 Å². The lowest BCUT2D eigenvalue weighted by atomic mass is 9.88. The van der Waals surface area contributed by atoms with Crippen LogP contribution in [0.25, 0.3) is 71.8 Å². The second kappa shape index (κ2) is 41.5. The molecule has 9 aromatic rings. The zero-order valence-corrected chi connectivity index (χ0v) is 75.6. The smallest absolute Gasteiger partial charge is 0.256 e. The number of thiophene rings is 6. The summed E-state index contributed by atoms with van der Waals surface area (Å²) in [6.07, 6.45) is 44.5. The van der Waals surface area contributed by atoms with Gasteiger partial charge < -0.3 is 5.32 Å². The molecule has 1 aliphatic carbocycles. The van der Waals surface area contributed by atoms with E-state index in [4.69, 9.17) is 0 Å². The summed E-state index contributed by atoms with van der Waals surface area (Å²) in [5, 5.41) is 21.4. The molecule has 0 saturated carbocycles. The van der Waals surface area contributed by atoms with Crippen molar-refractivity contribution in [2.75, 3.05) is 0 Å². The van der Waals surface area contributed by atoms with Gasteiger partial charge in [0.15, 0.2) is 5.78 Å². The summed E-state index contributed by atoms with van der Waals surface area (Å²) in [5.41, 5.74) is 11.7. The molecule has 6 atom stereocenters. The van der Waals surface area contributed by atoms with Crippen LogP contribution in [0.1, 0.15) is 330 Å². The number of fused-ring (bicyclic) bond motifs is 7. The lowest BCUT2D eigenvalue weighted by Crippen LogP contribution is -2.16. The van der Waals surface area contributed by atoms with Crippen molar-refractivity contribution in [3.8, 4) is 6.07 Å². The van der Waals surface area contributed by atoms with Crippen LogP contribution in [0.4, 0.5) is 0 Å². The summed E-state index contributed by atoms with van der Waals surface area (Å²) in [5.74, 6) is 4.40. The van der Waals surface area contributed by atoms with Crippen LogP contribution in [0, 0.1) is 46.8 Å². The van der Waals surface area contributed by atoms with Crippen LogP contribution in [0.2, 0.25) is 0 Å². The molecule has 3 aromatic carbocycles. The number of rotatable bonds is 44. The van der Waals surface area contributed by atoms with Gasteiger partial charge in [0.05, 0.1) is 33.1 Å². The average Bonchev–Trinajstić information content (AvgIpc) is 1.58. The molecule has 11 rings (SSSR count). The minimum Gasteiger partial charge on any atom is -0.320 e. The molecule has 1 aliphatic heterocycles. The lowest BCUT2D eigenvalue weighted by molar-refractivity contribution is -0.116. The number of nitriles is 1. The first-order valence-electron chi connectivity index (χ1n) is 41.8. The highest BCUT2D eigenvalue weighted by Crippen LogP contribution is 2.53. The number of unbranched alkanes of at least 4 members (excludes halogenated alkanes) is 6. The molecule has 0 radical (unpaired) electrons. The fourth-order valence-electron chi connectivity index (χ4n) is 17.6. The summed E-state index contributed by atoms with van der Waals surface area (Å²) in [7, 11) is 0. The molecule has 4 nitrogen and oxygen atoms in total. The minimum atomic E-state index is -0.113. The normalized spacial score (nSPS) is 15.2. The molecule has 1 amide bonds. The van der Waals surface area contributed by atoms with Crippen molar-refractivity contribution >= 4 is 199 Å². The quantitative estimate of drug-likeness (QED) is 0.0414. The van der Waals surface area contributed by atoms with Crippen molar-refractivity contribution in [2.24, 2.45) is 35.5 Å². The number of allylic oxidation sites excluding steroid dienone is 1. The number of ketones is 1. The van der Waals surface area contributed by atoms with Crippen LogP contribution in [0.5, 0.6) is 0 Å². The van der Waals surface area contributed by atoms with E-state index >= 15 is 0 Å². The monoisotopic (exact) mass is 1720 g/mol. The van der Waals surface area contributed by atoms with E-state index in [0.29, 0.717) is 34.8 Å². The Morgan fingerprint density at radius 1 is 0.362 bits per heavy atom. The number of benzene rings is 3. The summed E-state index contributed by atoms with van der Waals surface area (Å²) in [6.45, 7) is 28.0. The van der Waals surface area contributed by atoms with Gasteiger partial charge in [-0.2, -0.15) is 5.26 Å². The Labute approximate surface area is 682 Å². The van der Waals surface area contributed by atoms with Gasteiger partial charge in [-0.1, -0.05) is 237 Å². The van der Waals surface area contributed by atoms with E-state index in [1.165, 1.54) is 298 Å². The number of aryl methyl sites for hydroxylation is 6. The van der Waals surface area contributed by atoms with Crippen molar-refractivity contribution in [2.45, 2.75) is 321 Å². The number of hydrogen-bond acceptors (Lipinski definition) is 9. The number of halogens is 3. The number of carbonyl (C=O) groups is 2. The molecule has 7 heterocycles. The first kappa shape index (κ1) is 84.4. The highest BCUT2D eigenvalue weighted by molar-refractivity contribution is 9.11. The standard InChI is InChI=1S/C63H83Br2NO2S4.C29H40BrNS2/c1-9-17-21-38(13-5)25-29-42-46-34-52(69-59(46)44(48-36-54(64)71-61(42)48)31-27-40(15-7)23-19-11-3)50-33-51(67)57-56(50)63(68)66-58(57)53-35-47-43(30-26-39(14-6)22-18-10-2)62-49(37-55(65)72-62)45(60(47)70-53)32-28-41(16-8)24-20-12-4;1-5-9-11-20(7-3)13-15-23-25-17-22(19-31)32-28(25)24(26-18-27(30)33-29(23)26)16-14-21(8-4)12-10-6-2/h34-41H,9-33H2,1-8H3,(H,66,68);17-18,20-21H,5-16H2,1-4H3. The highest BCUT2D eigenvalue weighted by Gasteiger charge is 2.42. The van der Waals surface area contributed by atoms with E-state index in [9.17, 15) is 14.9 Å². The van der Waals surface area contributed by atoms with Gasteiger partial charge in [-0.15, -0.1) is 68.0 Å². The Kier molecular flexibility index (Phi) is 33.4. The Hall–Kier alpha value is -3.03. The topological polar surface area (TPSA) is 70.0 Å². The van der Waals surface area contributed by atoms with Gasteiger partial charge in [0.25, 0.3) is 5.91 Å². The Balaban J connectivity index is 0.000000298. The van der Waals surface area contributed by atoms with Crippen molar-refractivity contribution in [3.05, 3.63) is 107 Å². The third-order valence-electron chi connectivity index (χ3n) is 24.5. The van der Waals surface area contributed by atoms with Crippen molar-refractivity contribution < 1.29 is 9.59 Å². The molecular weight excluding hydrogens is 1600 g/mol. The first-order chi connectivity index (χ1) is 51.0. The second-order valence-electron chi connectivity index (χ2n) is 31.3. The number of nitrogens with zero attached hydrogens (tertiary/aromatic N) is 1. The maximum Gasteiger partial charge on any atom is 0.256 e. The van der Waals surface area contributed by atoms with Crippen molar-refractivity contribution in [1.82, 2.24) is 5.32 Å². The minimum absolute atomic E-state index is 0.0748. The van der Waals surface area contributed by atoms with Crippen molar-refractivity contribution in [1.29, 1.82) is 5.26 Å². The Morgan fingerprint density at radius 3 is 0.943 bits per heavy atom. The summed E-state index contributed by atoms with van der Waals surface area (Å²) >= 11 is 22.8. The van der Waals surface area contributed by atoms with Gasteiger partial charge in [-0.05, 0) is 268 Å². The zero-order chi connectivity index (χ0) is 74.8. The average molecular weight is 1720 g/mol. The van der Waals surface area contributed by atoms with Crippen LogP contribution in [-0.4, -0.2) is 11.7 Å². The SMILES string of the molecule is CCCCC(CC)CCc1c2cc(C#N)sc2c(CCC(CC)CCCC)c2cc(Br)sc12.CCCCC(CC)CCc1c2cc(C3=C4C(=O)NC(c5cc6c(CCC(CC)CCCC)c7sc(Br)cc7c(CCC(CC)CCCC)c6s5)=C4C(=O)C3)sc2c(CCC(CC)CCCC)c2cc(Br)sc12. The van der Waals surface area contributed by atoms with Crippen LogP contribution < -0.4 is 5.32 Å². The molecule has 0 fully saturated rings. The van der Waals surface area contributed by atoms with Crippen LogP contribution >= 0.6 is 116 Å². The van der Waals surface area contributed by atoms with Crippen LogP contribution in [0.3, 0.4) is 0 Å². The summed E-state index contributed by atoms with van der Waals surface area (Å²) < 4.78 is 12.0. The van der Waals surface area contributed by atoms with Gasteiger partial charge in [-0.25, -0.2) is 0 Å². The molecule has 0 saturated heterocycles. The largest absolute Gasteiger partial charge is 0.320 e. The fourth-order valence-corrected chi connectivity index (χ4v) is 26.4. The maximum atomic E-state index is 14.7. The molecule has 2 aliphatic rings. The molecule has 6 unspecified atom stereocenters. The maximum absolute atomic E-state index is 14.7. The number of amides is 1. The molecule has 570 valence electrons. The van der Waals surface area contributed by atoms with E-state index in [1.807, 2.05) is 56.7 Å². The van der Waals surface area contributed by atoms with Gasteiger partial charge in [0.2, 0.25) is 0 Å².